The van der Waals surface area contributed by atoms with Gasteiger partial charge in [0, 0.05) is 49.7 Å². The van der Waals surface area contributed by atoms with Crippen molar-refractivity contribution >= 4 is 28.6 Å². The molecule has 246 valence electrons. The maximum absolute atomic E-state index is 5.65. The molecule has 0 aromatic heterocycles. The van der Waals surface area contributed by atoms with Crippen LogP contribution in [-0.2, 0) is 14.2 Å². The molecule has 0 bridgehead atoms. The van der Waals surface area contributed by atoms with E-state index in [4.69, 9.17) is 14.2 Å². The van der Waals surface area contributed by atoms with Crippen molar-refractivity contribution in [3.05, 3.63) is 131 Å². The SMILES string of the molecule is C1=Cc2ccc(=[N+]3CCOCC3)ccc2C1=C(c1ccc2ccc(N3CCOCC3)ccc1-2)c1ccc2ccc(N3CCOCC3)ccc1-2. The molecule has 3 aliphatic heterocycles. The quantitative estimate of drug-likeness (QED) is 0.212. The maximum Gasteiger partial charge on any atom is 0.200 e. The van der Waals surface area contributed by atoms with Crippen LogP contribution in [0.5, 0.6) is 0 Å². The minimum atomic E-state index is 0.775. The Hall–Kier alpha value is -4.75. The van der Waals surface area contributed by atoms with E-state index in [0.717, 1.165) is 78.9 Å². The summed E-state index contributed by atoms with van der Waals surface area (Å²) in [5.41, 5.74) is 15.1. The third-order valence-corrected chi connectivity index (χ3v) is 10.6. The van der Waals surface area contributed by atoms with Crippen molar-refractivity contribution in [2.24, 2.45) is 0 Å². The van der Waals surface area contributed by atoms with E-state index in [1.807, 2.05) is 0 Å². The molecule has 49 heavy (non-hydrogen) atoms. The number of ether oxygens (including phenoxy) is 3. The Kier molecular flexibility index (Phi) is 8.22. The lowest BCUT2D eigenvalue weighted by Gasteiger charge is -2.28. The summed E-state index contributed by atoms with van der Waals surface area (Å²) in [6.07, 6.45) is 4.62. The summed E-state index contributed by atoms with van der Waals surface area (Å²) in [6.45, 7) is 10.2. The fourth-order valence-electron chi connectivity index (χ4n) is 7.90. The summed E-state index contributed by atoms with van der Waals surface area (Å²) in [7, 11) is 0. The smallest absolute Gasteiger partial charge is 0.200 e. The van der Waals surface area contributed by atoms with Crippen LogP contribution in [0.2, 0.25) is 0 Å². The molecule has 0 unspecified atom stereocenters. The van der Waals surface area contributed by atoms with Crippen LogP contribution in [0.25, 0.3) is 39.5 Å². The standard InChI is InChI=1S/C43H42N3O3/c1-7-34(44-19-25-47-26-20-44)10-16-37-31(1)4-13-40(37)43(41-14-5-32-2-8-35(11-17-38(32)41)45-21-27-48-28-22-45)42-15-6-33-3-9-36(12-18-39(33)42)46-23-29-49-30-24-46/h1-18H,19-30H2/q+1. The molecule has 3 saturated heterocycles. The summed E-state index contributed by atoms with van der Waals surface area (Å²) in [6, 6.07) is 36.8. The van der Waals surface area contributed by atoms with Crippen LogP contribution in [-0.4, -0.2) is 78.9 Å². The van der Waals surface area contributed by atoms with Crippen molar-refractivity contribution in [3.63, 3.8) is 0 Å². The summed E-state index contributed by atoms with van der Waals surface area (Å²) >= 11 is 0. The van der Waals surface area contributed by atoms with E-state index in [2.05, 4.69) is 124 Å². The second kappa shape index (κ2) is 13.3. The minimum absolute atomic E-state index is 0.775. The molecular formula is C43H42N3O3+. The fourth-order valence-corrected chi connectivity index (χ4v) is 7.90. The van der Waals surface area contributed by atoms with Gasteiger partial charge in [0.05, 0.1) is 26.4 Å². The fraction of sp³-hybridized carbons (Fsp3) is 0.279. The number of nitrogens with zero attached hydrogens (tertiary/aromatic N) is 3. The van der Waals surface area contributed by atoms with Crippen molar-refractivity contribution in [1.82, 2.24) is 4.58 Å². The second-order valence-corrected chi connectivity index (χ2v) is 13.3. The van der Waals surface area contributed by atoms with Crippen LogP contribution in [0.4, 0.5) is 11.4 Å². The molecule has 3 heterocycles. The highest BCUT2D eigenvalue weighted by molar-refractivity contribution is 6.12. The molecule has 0 atom stereocenters. The molecule has 5 aliphatic carbocycles. The van der Waals surface area contributed by atoms with Crippen LogP contribution in [0.1, 0.15) is 22.3 Å². The van der Waals surface area contributed by atoms with Gasteiger partial charge >= 0.3 is 0 Å². The maximum atomic E-state index is 5.65. The summed E-state index contributed by atoms with van der Waals surface area (Å²) < 4.78 is 19.4. The van der Waals surface area contributed by atoms with E-state index in [-0.39, 0.29) is 0 Å². The minimum Gasteiger partial charge on any atom is -0.378 e. The molecule has 0 radical (unpaired) electrons. The van der Waals surface area contributed by atoms with Crippen LogP contribution in [0.3, 0.4) is 0 Å². The number of morpholine rings is 3. The zero-order valence-corrected chi connectivity index (χ0v) is 27.9. The van der Waals surface area contributed by atoms with Crippen molar-refractivity contribution < 1.29 is 14.2 Å². The Morgan fingerprint density at radius 3 is 1.55 bits per heavy atom. The predicted octanol–water partition coefficient (Wildman–Crippen LogP) is 6.36. The van der Waals surface area contributed by atoms with Gasteiger partial charge in [0.15, 0.2) is 18.4 Å². The lowest BCUT2D eigenvalue weighted by atomic mass is 9.88. The monoisotopic (exact) mass is 648 g/mol. The average molecular weight is 649 g/mol. The van der Waals surface area contributed by atoms with E-state index in [1.165, 1.54) is 72.4 Å². The molecule has 0 N–H and O–H groups in total. The van der Waals surface area contributed by atoms with Crippen molar-refractivity contribution in [3.8, 4) is 22.3 Å². The molecule has 0 amide bonds. The van der Waals surface area contributed by atoms with Gasteiger partial charge in [-0.15, -0.1) is 0 Å². The van der Waals surface area contributed by atoms with E-state index in [1.54, 1.807) is 0 Å². The third-order valence-electron chi connectivity index (χ3n) is 10.6. The summed E-state index contributed by atoms with van der Waals surface area (Å²) in [4.78, 5) is 4.86. The number of rotatable bonds is 4. The molecule has 0 spiro atoms. The van der Waals surface area contributed by atoms with E-state index >= 15 is 0 Å². The van der Waals surface area contributed by atoms with Crippen LogP contribution in [0, 0.1) is 0 Å². The highest BCUT2D eigenvalue weighted by Crippen LogP contribution is 2.46. The Bertz CT molecular complexity index is 1980. The van der Waals surface area contributed by atoms with Gasteiger partial charge in [-0.25, -0.2) is 4.58 Å². The molecule has 0 saturated carbocycles. The lowest BCUT2D eigenvalue weighted by Crippen LogP contribution is -2.39. The molecule has 8 aliphatic rings. The van der Waals surface area contributed by atoms with Gasteiger partial charge < -0.3 is 24.0 Å². The highest BCUT2D eigenvalue weighted by atomic mass is 16.5. The average Bonchev–Trinajstić information content (AvgIpc) is 3.70. The molecule has 9 rings (SSSR count). The van der Waals surface area contributed by atoms with Gasteiger partial charge in [-0.2, -0.15) is 0 Å². The van der Waals surface area contributed by atoms with E-state index < -0.39 is 0 Å². The van der Waals surface area contributed by atoms with Gasteiger partial charge in [-0.1, -0.05) is 60.7 Å². The normalized spacial score (nSPS) is 18.0. The first kappa shape index (κ1) is 30.3. The van der Waals surface area contributed by atoms with E-state index in [9.17, 15) is 0 Å². The zero-order chi connectivity index (χ0) is 32.6. The first-order valence-corrected chi connectivity index (χ1v) is 17.7. The van der Waals surface area contributed by atoms with E-state index in [0.29, 0.717) is 0 Å². The van der Waals surface area contributed by atoms with Crippen molar-refractivity contribution in [2.75, 3.05) is 88.7 Å². The van der Waals surface area contributed by atoms with Gasteiger partial charge in [0.2, 0.25) is 0 Å². The molecule has 1 aromatic carbocycles. The highest BCUT2D eigenvalue weighted by Gasteiger charge is 2.25. The number of allylic oxidation sites excluding steroid dienone is 2. The van der Waals surface area contributed by atoms with Crippen molar-refractivity contribution in [1.29, 1.82) is 0 Å². The Morgan fingerprint density at radius 1 is 0.469 bits per heavy atom. The Balaban J connectivity index is 1.23. The Morgan fingerprint density at radius 2 is 0.959 bits per heavy atom. The first-order chi connectivity index (χ1) is 24.3. The van der Waals surface area contributed by atoms with Gasteiger partial charge in [0.1, 0.15) is 13.2 Å². The molecule has 1 aromatic rings. The van der Waals surface area contributed by atoms with Crippen LogP contribution >= 0.6 is 0 Å². The first-order valence-electron chi connectivity index (χ1n) is 17.7. The largest absolute Gasteiger partial charge is 0.378 e. The number of fused-ring (bicyclic) bond motifs is 3. The number of hydrogen-bond donors (Lipinski definition) is 0. The summed E-state index contributed by atoms with van der Waals surface area (Å²) in [5, 5.41) is 1.25. The second-order valence-electron chi connectivity index (χ2n) is 13.3. The Labute approximate surface area is 288 Å². The molecule has 6 nitrogen and oxygen atoms in total. The molecular weight excluding hydrogens is 606 g/mol. The lowest BCUT2D eigenvalue weighted by molar-refractivity contribution is 0.0966. The summed E-state index contributed by atoms with van der Waals surface area (Å²) in [5.74, 6) is 0. The number of hydrogen-bond acceptors (Lipinski definition) is 5. The van der Waals surface area contributed by atoms with Gasteiger partial charge in [-0.05, 0) is 92.1 Å². The third kappa shape index (κ3) is 5.84. The topological polar surface area (TPSA) is 37.2 Å². The van der Waals surface area contributed by atoms with Crippen molar-refractivity contribution in [2.45, 2.75) is 0 Å². The zero-order valence-electron chi connectivity index (χ0n) is 27.9. The number of anilines is 2. The molecule has 3 fully saturated rings. The van der Waals surface area contributed by atoms with Gasteiger partial charge in [0.25, 0.3) is 0 Å². The molecule has 6 heteroatoms. The van der Waals surface area contributed by atoms with Gasteiger partial charge in [-0.3, -0.25) is 0 Å². The van der Waals surface area contributed by atoms with Crippen LogP contribution in [0.15, 0.2) is 103 Å². The predicted molar refractivity (Wildman–Crippen MR) is 199 cm³/mol. The van der Waals surface area contributed by atoms with Crippen LogP contribution < -0.4 is 19.7 Å².